The van der Waals surface area contributed by atoms with E-state index in [1.165, 1.54) is 4.68 Å². The summed E-state index contributed by atoms with van der Waals surface area (Å²) in [6.07, 6.45) is 1.66. The van der Waals surface area contributed by atoms with Crippen molar-refractivity contribution in [3.63, 3.8) is 0 Å². The molecule has 1 amide bonds. The highest BCUT2D eigenvalue weighted by molar-refractivity contribution is 5.91. The van der Waals surface area contributed by atoms with Crippen molar-refractivity contribution in [1.29, 1.82) is 0 Å². The number of amides is 1. The van der Waals surface area contributed by atoms with Gasteiger partial charge in [-0.05, 0) is 53.2 Å². The lowest BCUT2D eigenvalue weighted by molar-refractivity contribution is -0.117. The predicted octanol–water partition coefficient (Wildman–Crippen LogP) is 2.91. The second-order valence-electron chi connectivity index (χ2n) is 7.90. The molecule has 1 N–H and O–H groups in total. The van der Waals surface area contributed by atoms with Crippen molar-refractivity contribution in [2.45, 2.75) is 53.6 Å². The first-order valence-electron chi connectivity index (χ1n) is 8.91. The van der Waals surface area contributed by atoms with E-state index < -0.39 is 0 Å². The zero-order chi connectivity index (χ0) is 19.9. The lowest BCUT2D eigenvalue weighted by atomic mass is 10.1. The number of anilines is 1. The van der Waals surface area contributed by atoms with E-state index in [0.717, 1.165) is 16.8 Å². The lowest BCUT2D eigenvalue weighted by Crippen LogP contribution is -2.33. The minimum Gasteiger partial charge on any atom is -0.324 e. The van der Waals surface area contributed by atoms with E-state index in [1.54, 1.807) is 10.9 Å². The molecular weight excluding hydrogens is 342 g/mol. The molecule has 0 spiro atoms. The number of nitrogens with zero attached hydrogens (tertiary/aromatic N) is 4. The fourth-order valence-electron chi connectivity index (χ4n) is 3.12. The van der Waals surface area contributed by atoms with Crippen LogP contribution in [0.25, 0.3) is 10.9 Å². The fraction of sp³-hybridized carbons (Fsp3) is 0.400. The maximum atomic E-state index is 13.0. The average molecular weight is 367 g/mol. The van der Waals surface area contributed by atoms with E-state index in [9.17, 15) is 9.59 Å². The summed E-state index contributed by atoms with van der Waals surface area (Å²) in [5, 5.41) is 12.2. The summed E-state index contributed by atoms with van der Waals surface area (Å²) in [6, 6.07) is 5.80. The van der Waals surface area contributed by atoms with E-state index in [0.29, 0.717) is 16.6 Å². The monoisotopic (exact) mass is 367 g/mol. The number of rotatable bonds is 3. The van der Waals surface area contributed by atoms with E-state index in [4.69, 9.17) is 0 Å². The van der Waals surface area contributed by atoms with E-state index in [-0.39, 0.29) is 23.6 Å². The average Bonchev–Trinajstić information content (AvgIpc) is 3.01. The van der Waals surface area contributed by atoms with Gasteiger partial charge in [0, 0.05) is 11.1 Å². The highest BCUT2D eigenvalue weighted by atomic mass is 16.2. The summed E-state index contributed by atoms with van der Waals surface area (Å²) in [5.41, 5.74) is 3.29. The Labute approximate surface area is 158 Å². The molecule has 3 aromatic rings. The lowest BCUT2D eigenvalue weighted by Gasteiger charge is -2.20. The third-order valence-electron chi connectivity index (χ3n) is 4.45. The SMILES string of the molecule is Cc1ccc(NC(=O)Cn2nc(C)c3cnn(C(C)(C)C)c3c2=O)c(C)c1. The molecule has 2 aromatic heterocycles. The van der Waals surface area contributed by atoms with Crippen molar-refractivity contribution < 1.29 is 4.79 Å². The molecule has 0 atom stereocenters. The molecule has 0 aliphatic carbocycles. The first kappa shape index (κ1) is 18.8. The summed E-state index contributed by atoms with van der Waals surface area (Å²) in [4.78, 5) is 25.5. The zero-order valence-electron chi connectivity index (χ0n) is 16.6. The largest absolute Gasteiger partial charge is 0.324 e. The normalized spacial score (nSPS) is 11.8. The van der Waals surface area contributed by atoms with E-state index in [1.807, 2.05) is 59.7 Å². The molecule has 0 aliphatic heterocycles. The molecule has 0 saturated carbocycles. The zero-order valence-corrected chi connectivity index (χ0v) is 16.6. The Bertz CT molecular complexity index is 1090. The molecule has 2 heterocycles. The van der Waals surface area contributed by atoms with Gasteiger partial charge >= 0.3 is 0 Å². The van der Waals surface area contributed by atoms with Gasteiger partial charge in [0.25, 0.3) is 5.56 Å². The molecule has 0 aliphatic rings. The predicted molar refractivity (Wildman–Crippen MR) is 106 cm³/mol. The maximum Gasteiger partial charge on any atom is 0.293 e. The van der Waals surface area contributed by atoms with Crippen LogP contribution in [0.15, 0.2) is 29.2 Å². The Morgan fingerprint density at radius 2 is 1.89 bits per heavy atom. The number of aryl methyl sites for hydroxylation is 3. The number of hydrogen-bond acceptors (Lipinski definition) is 4. The van der Waals surface area contributed by atoms with Crippen molar-refractivity contribution in [3.8, 4) is 0 Å². The standard InChI is InChI=1S/C20H25N5O2/c1-12-7-8-16(13(2)9-12)22-17(26)11-24-19(27)18-15(14(3)23-24)10-21-25(18)20(4,5)6/h7-10H,11H2,1-6H3,(H,22,26). The topological polar surface area (TPSA) is 81.8 Å². The third-order valence-corrected chi connectivity index (χ3v) is 4.45. The molecule has 3 rings (SSSR count). The summed E-state index contributed by atoms with van der Waals surface area (Å²) in [7, 11) is 0. The Morgan fingerprint density at radius 3 is 2.52 bits per heavy atom. The summed E-state index contributed by atoms with van der Waals surface area (Å²) in [5.74, 6) is -0.294. The smallest absolute Gasteiger partial charge is 0.293 e. The second-order valence-corrected chi connectivity index (χ2v) is 7.90. The van der Waals surface area contributed by atoms with Crippen LogP contribution < -0.4 is 10.9 Å². The third kappa shape index (κ3) is 3.63. The van der Waals surface area contributed by atoms with Crippen LogP contribution in [-0.4, -0.2) is 25.5 Å². The van der Waals surface area contributed by atoms with Crippen LogP contribution in [0, 0.1) is 20.8 Å². The number of nitrogens with one attached hydrogen (secondary N) is 1. The van der Waals surface area contributed by atoms with Crippen molar-refractivity contribution in [1.82, 2.24) is 19.6 Å². The Morgan fingerprint density at radius 1 is 1.19 bits per heavy atom. The van der Waals surface area contributed by atoms with Crippen molar-refractivity contribution in [3.05, 3.63) is 51.6 Å². The van der Waals surface area contributed by atoms with Gasteiger partial charge in [0.15, 0.2) is 0 Å². The van der Waals surface area contributed by atoms with Crippen molar-refractivity contribution in [2.75, 3.05) is 5.32 Å². The first-order valence-corrected chi connectivity index (χ1v) is 8.91. The minimum atomic E-state index is -0.353. The molecule has 0 saturated heterocycles. The molecule has 0 unspecified atom stereocenters. The van der Waals surface area contributed by atoms with Crippen LogP contribution in [0.4, 0.5) is 5.69 Å². The van der Waals surface area contributed by atoms with E-state index in [2.05, 4.69) is 15.5 Å². The van der Waals surface area contributed by atoms with Crippen molar-refractivity contribution in [2.24, 2.45) is 0 Å². The van der Waals surface area contributed by atoms with E-state index >= 15 is 0 Å². The van der Waals surface area contributed by atoms with Gasteiger partial charge in [-0.2, -0.15) is 10.2 Å². The highest BCUT2D eigenvalue weighted by Gasteiger charge is 2.22. The number of hydrogen-bond donors (Lipinski definition) is 1. The van der Waals surface area contributed by atoms with Crippen molar-refractivity contribution >= 4 is 22.5 Å². The van der Waals surface area contributed by atoms with Crippen LogP contribution >= 0.6 is 0 Å². The minimum absolute atomic E-state index is 0.155. The molecule has 0 fully saturated rings. The van der Waals surface area contributed by atoms with Gasteiger partial charge in [0.2, 0.25) is 5.91 Å². The molecule has 0 radical (unpaired) electrons. The summed E-state index contributed by atoms with van der Waals surface area (Å²) < 4.78 is 2.90. The van der Waals surface area contributed by atoms with Gasteiger partial charge in [0.1, 0.15) is 12.1 Å². The van der Waals surface area contributed by atoms with Crippen LogP contribution in [0.1, 0.15) is 37.6 Å². The summed E-state index contributed by atoms with van der Waals surface area (Å²) >= 11 is 0. The van der Waals surface area contributed by atoms with Gasteiger partial charge in [0.05, 0.1) is 17.4 Å². The molecule has 27 heavy (non-hydrogen) atoms. The molecule has 7 nitrogen and oxygen atoms in total. The molecule has 1 aromatic carbocycles. The van der Waals surface area contributed by atoms with Crippen LogP contribution in [0.5, 0.6) is 0 Å². The molecule has 0 bridgehead atoms. The number of carbonyl (C=O) groups excluding carboxylic acids is 1. The summed E-state index contributed by atoms with van der Waals surface area (Å²) in [6.45, 7) is 11.5. The Hall–Kier alpha value is -2.96. The Balaban J connectivity index is 1.96. The molecular formula is C20H25N5O2. The Kier molecular flexibility index (Phi) is 4.63. The fourth-order valence-corrected chi connectivity index (χ4v) is 3.12. The van der Waals surface area contributed by atoms with Gasteiger partial charge in [-0.25, -0.2) is 4.68 Å². The number of carbonyl (C=O) groups is 1. The number of benzene rings is 1. The van der Waals surface area contributed by atoms with Crippen LogP contribution in [0.3, 0.4) is 0 Å². The van der Waals surface area contributed by atoms with Gasteiger partial charge in [-0.1, -0.05) is 17.7 Å². The van der Waals surface area contributed by atoms with Gasteiger partial charge in [-0.3, -0.25) is 14.3 Å². The first-order chi connectivity index (χ1) is 12.6. The van der Waals surface area contributed by atoms with Gasteiger partial charge < -0.3 is 5.32 Å². The highest BCUT2D eigenvalue weighted by Crippen LogP contribution is 2.20. The van der Waals surface area contributed by atoms with Crippen LogP contribution in [-0.2, 0) is 16.9 Å². The number of fused-ring (bicyclic) bond motifs is 1. The molecule has 7 heteroatoms. The van der Waals surface area contributed by atoms with Crippen LogP contribution in [0.2, 0.25) is 0 Å². The molecule has 142 valence electrons. The number of aromatic nitrogens is 4. The quantitative estimate of drug-likeness (QED) is 0.772. The van der Waals surface area contributed by atoms with Gasteiger partial charge in [-0.15, -0.1) is 0 Å². The second kappa shape index (κ2) is 6.64. The maximum absolute atomic E-state index is 13.0.